The molecule has 1 amide bonds. The molecule has 0 saturated carbocycles. The van der Waals surface area contributed by atoms with Gasteiger partial charge in [0.1, 0.15) is 0 Å². The van der Waals surface area contributed by atoms with Crippen molar-refractivity contribution in [3.8, 4) is 0 Å². The first-order valence-corrected chi connectivity index (χ1v) is 9.04. The summed E-state index contributed by atoms with van der Waals surface area (Å²) in [5.74, 6) is -0.198. The number of rotatable bonds is 5. The van der Waals surface area contributed by atoms with Crippen LogP contribution in [0.5, 0.6) is 0 Å². The van der Waals surface area contributed by atoms with Gasteiger partial charge in [0.2, 0.25) is 5.91 Å². The van der Waals surface area contributed by atoms with E-state index in [1.165, 1.54) is 0 Å². The Kier molecular flexibility index (Phi) is 6.04. The molecule has 136 valence electrons. The lowest BCUT2D eigenvalue weighted by atomic mass is 10.0. The summed E-state index contributed by atoms with van der Waals surface area (Å²) in [4.78, 5) is 27.2. The minimum atomic E-state index is -0.153. The third-order valence-electron chi connectivity index (χ3n) is 4.52. The van der Waals surface area contributed by atoms with Gasteiger partial charge >= 0.3 is 0 Å². The Labute approximate surface area is 158 Å². The zero-order valence-corrected chi connectivity index (χ0v) is 15.4. The summed E-state index contributed by atoms with van der Waals surface area (Å²) in [6.45, 7) is 2.52. The summed E-state index contributed by atoms with van der Waals surface area (Å²) >= 11 is 6.11. The number of anilines is 1. The summed E-state index contributed by atoms with van der Waals surface area (Å²) in [5.41, 5.74) is 1.56. The number of piperazine rings is 1. The van der Waals surface area contributed by atoms with E-state index in [2.05, 4.69) is 10.6 Å². The molecule has 26 heavy (non-hydrogen) atoms. The van der Waals surface area contributed by atoms with Crippen LogP contribution in [-0.2, 0) is 4.79 Å². The third kappa shape index (κ3) is 4.30. The first-order valence-electron chi connectivity index (χ1n) is 8.66. The molecule has 3 rings (SSSR count). The molecule has 0 radical (unpaired) electrons. The second-order valence-electron chi connectivity index (χ2n) is 6.37. The van der Waals surface area contributed by atoms with Crippen molar-refractivity contribution < 1.29 is 9.59 Å². The predicted octanol–water partition coefficient (Wildman–Crippen LogP) is 2.49. The molecular weight excluding hydrogens is 350 g/mol. The van der Waals surface area contributed by atoms with E-state index in [1.807, 2.05) is 18.2 Å². The highest BCUT2D eigenvalue weighted by Crippen LogP contribution is 2.27. The normalized spacial score (nSPS) is 16.9. The molecule has 1 aliphatic rings. The topological polar surface area (TPSA) is 61.4 Å². The summed E-state index contributed by atoms with van der Waals surface area (Å²) in [7, 11) is 1.70. The molecule has 1 unspecified atom stereocenters. The van der Waals surface area contributed by atoms with Crippen LogP contribution < -0.4 is 15.5 Å². The molecule has 5 nitrogen and oxygen atoms in total. The lowest BCUT2D eigenvalue weighted by Crippen LogP contribution is -2.50. The summed E-state index contributed by atoms with van der Waals surface area (Å²) in [6.07, 6.45) is 0.366. The maximum Gasteiger partial charge on any atom is 0.228 e. The van der Waals surface area contributed by atoms with E-state index >= 15 is 0 Å². The zero-order valence-electron chi connectivity index (χ0n) is 14.7. The molecule has 0 bridgehead atoms. The van der Waals surface area contributed by atoms with Crippen molar-refractivity contribution in [3.63, 3.8) is 0 Å². The molecule has 1 atom stereocenters. The minimum Gasteiger partial charge on any atom is -0.315 e. The Morgan fingerprint density at radius 3 is 2.62 bits per heavy atom. The van der Waals surface area contributed by atoms with Gasteiger partial charge in [-0.1, -0.05) is 41.9 Å². The first-order chi connectivity index (χ1) is 12.6. The van der Waals surface area contributed by atoms with Gasteiger partial charge in [0.05, 0.1) is 5.69 Å². The fourth-order valence-electron chi connectivity index (χ4n) is 3.07. The Balaban J connectivity index is 1.84. The van der Waals surface area contributed by atoms with E-state index in [1.54, 1.807) is 42.3 Å². The van der Waals surface area contributed by atoms with Crippen LogP contribution in [0.4, 0.5) is 5.69 Å². The highest BCUT2D eigenvalue weighted by atomic mass is 35.5. The summed E-state index contributed by atoms with van der Waals surface area (Å²) in [6, 6.07) is 14.1. The van der Waals surface area contributed by atoms with Gasteiger partial charge in [0.15, 0.2) is 5.78 Å². The lowest BCUT2D eigenvalue weighted by Gasteiger charge is -2.27. The number of nitrogens with zero attached hydrogens (tertiary/aromatic N) is 1. The largest absolute Gasteiger partial charge is 0.315 e. The number of nitrogens with one attached hydrogen (secondary N) is 2. The van der Waals surface area contributed by atoms with Crippen LogP contribution in [0, 0.1) is 0 Å². The van der Waals surface area contributed by atoms with E-state index in [0.29, 0.717) is 28.3 Å². The fraction of sp³-hybridized carbons (Fsp3) is 0.300. The molecule has 1 aliphatic heterocycles. The maximum absolute atomic E-state index is 12.9. The van der Waals surface area contributed by atoms with Crippen molar-refractivity contribution in [1.29, 1.82) is 0 Å². The van der Waals surface area contributed by atoms with E-state index in [-0.39, 0.29) is 17.7 Å². The number of benzene rings is 2. The Morgan fingerprint density at radius 1 is 1.15 bits per heavy atom. The Bertz CT molecular complexity index is 789. The predicted molar refractivity (Wildman–Crippen MR) is 104 cm³/mol. The monoisotopic (exact) mass is 371 g/mol. The zero-order chi connectivity index (χ0) is 18.5. The SMILES string of the molecule is CN(C(=O)CC1CNCCN1)c1ccc(Cl)cc1C(=O)c1ccccc1. The van der Waals surface area contributed by atoms with Gasteiger partial charge in [0, 0.05) is 55.3 Å². The Hall–Kier alpha value is -2.21. The van der Waals surface area contributed by atoms with Crippen LogP contribution in [0.25, 0.3) is 0 Å². The van der Waals surface area contributed by atoms with Gasteiger partial charge in [-0.25, -0.2) is 0 Å². The van der Waals surface area contributed by atoms with Crippen LogP contribution in [0.15, 0.2) is 48.5 Å². The number of ketones is 1. The standard InChI is InChI=1S/C20H22ClN3O2/c1-24(19(25)12-16-13-22-9-10-23-16)18-8-7-15(21)11-17(18)20(26)14-5-3-2-4-6-14/h2-8,11,16,22-23H,9-10,12-13H2,1H3. The number of hydrogen-bond donors (Lipinski definition) is 2. The van der Waals surface area contributed by atoms with Gasteiger partial charge < -0.3 is 15.5 Å². The van der Waals surface area contributed by atoms with E-state index in [4.69, 9.17) is 11.6 Å². The van der Waals surface area contributed by atoms with Gasteiger partial charge in [-0.15, -0.1) is 0 Å². The summed E-state index contributed by atoms with van der Waals surface area (Å²) < 4.78 is 0. The molecule has 0 aromatic heterocycles. The van der Waals surface area contributed by atoms with Crippen LogP contribution in [0.3, 0.4) is 0 Å². The van der Waals surface area contributed by atoms with Crippen molar-refractivity contribution in [1.82, 2.24) is 10.6 Å². The maximum atomic E-state index is 12.9. The quantitative estimate of drug-likeness (QED) is 0.793. The number of hydrogen-bond acceptors (Lipinski definition) is 4. The molecular formula is C20H22ClN3O2. The number of amides is 1. The average Bonchev–Trinajstić information content (AvgIpc) is 2.68. The molecule has 0 spiro atoms. The lowest BCUT2D eigenvalue weighted by molar-refractivity contribution is -0.118. The Morgan fingerprint density at radius 2 is 1.92 bits per heavy atom. The molecule has 1 heterocycles. The van der Waals surface area contributed by atoms with Crippen LogP contribution in [-0.4, -0.2) is 44.4 Å². The molecule has 0 aliphatic carbocycles. The van der Waals surface area contributed by atoms with Crippen molar-refractivity contribution in [3.05, 3.63) is 64.7 Å². The van der Waals surface area contributed by atoms with Crippen molar-refractivity contribution in [2.75, 3.05) is 31.6 Å². The first kappa shape index (κ1) is 18.6. The van der Waals surface area contributed by atoms with E-state index in [9.17, 15) is 9.59 Å². The number of halogens is 1. The second kappa shape index (κ2) is 8.45. The van der Waals surface area contributed by atoms with Crippen molar-refractivity contribution >= 4 is 29.0 Å². The molecule has 2 aromatic carbocycles. The van der Waals surface area contributed by atoms with Gasteiger partial charge in [-0.3, -0.25) is 9.59 Å². The highest BCUT2D eigenvalue weighted by molar-refractivity contribution is 6.31. The van der Waals surface area contributed by atoms with Crippen molar-refractivity contribution in [2.45, 2.75) is 12.5 Å². The summed E-state index contributed by atoms with van der Waals surface area (Å²) in [5, 5.41) is 7.07. The van der Waals surface area contributed by atoms with Gasteiger partial charge in [-0.2, -0.15) is 0 Å². The average molecular weight is 372 g/mol. The number of carbonyl (C=O) groups excluding carboxylic acids is 2. The van der Waals surface area contributed by atoms with Crippen LogP contribution >= 0.6 is 11.6 Å². The number of carbonyl (C=O) groups is 2. The fourth-order valence-corrected chi connectivity index (χ4v) is 3.24. The molecule has 1 fully saturated rings. The third-order valence-corrected chi connectivity index (χ3v) is 4.76. The van der Waals surface area contributed by atoms with Gasteiger partial charge in [0.25, 0.3) is 0 Å². The van der Waals surface area contributed by atoms with Gasteiger partial charge in [-0.05, 0) is 18.2 Å². The molecule has 1 saturated heterocycles. The van der Waals surface area contributed by atoms with Crippen LogP contribution in [0.1, 0.15) is 22.3 Å². The minimum absolute atomic E-state index is 0.0457. The molecule has 2 aromatic rings. The highest BCUT2D eigenvalue weighted by Gasteiger charge is 2.23. The smallest absolute Gasteiger partial charge is 0.228 e. The van der Waals surface area contributed by atoms with Crippen LogP contribution in [0.2, 0.25) is 5.02 Å². The molecule has 6 heteroatoms. The second-order valence-corrected chi connectivity index (χ2v) is 6.81. The molecule has 2 N–H and O–H groups in total. The van der Waals surface area contributed by atoms with Crippen molar-refractivity contribution in [2.24, 2.45) is 0 Å². The van der Waals surface area contributed by atoms with E-state index in [0.717, 1.165) is 19.6 Å². The van der Waals surface area contributed by atoms with E-state index < -0.39 is 0 Å².